The number of rotatable bonds is 4. The first kappa shape index (κ1) is 15.7. The van der Waals surface area contributed by atoms with E-state index in [4.69, 9.17) is 21.1 Å². The van der Waals surface area contributed by atoms with Crippen molar-refractivity contribution in [2.24, 2.45) is 0 Å². The van der Waals surface area contributed by atoms with Gasteiger partial charge in [0.15, 0.2) is 5.79 Å². The molecule has 1 unspecified atom stereocenters. The van der Waals surface area contributed by atoms with E-state index in [1.165, 1.54) is 12.1 Å². The van der Waals surface area contributed by atoms with Crippen LogP contribution in [0.25, 0.3) is 0 Å². The van der Waals surface area contributed by atoms with Crippen molar-refractivity contribution in [1.82, 2.24) is 5.32 Å². The molecule has 0 aromatic heterocycles. The second kappa shape index (κ2) is 5.97. The number of halogens is 1. The van der Waals surface area contributed by atoms with Crippen molar-refractivity contribution in [1.29, 1.82) is 0 Å². The summed E-state index contributed by atoms with van der Waals surface area (Å²) in [5, 5.41) is 13.3. The first-order chi connectivity index (χ1) is 9.78. The molecule has 2 rings (SSSR count). The molecule has 0 saturated carbocycles. The summed E-state index contributed by atoms with van der Waals surface area (Å²) >= 11 is 5.89. The zero-order valence-corrected chi connectivity index (χ0v) is 12.3. The van der Waals surface area contributed by atoms with E-state index in [1.807, 2.05) is 0 Å². The molecule has 0 bridgehead atoms. The summed E-state index contributed by atoms with van der Waals surface area (Å²) in [6.07, 6.45) is -0.235. The maximum atomic E-state index is 12.0. The summed E-state index contributed by atoms with van der Waals surface area (Å²) in [5.74, 6) is -1.07. The van der Waals surface area contributed by atoms with E-state index in [0.717, 1.165) is 6.07 Å². The number of nitrogens with one attached hydrogen (secondary N) is 1. The Bertz CT molecular complexity index is 576. The van der Waals surface area contributed by atoms with Gasteiger partial charge in [0, 0.05) is 18.7 Å². The van der Waals surface area contributed by atoms with Crippen LogP contribution >= 0.6 is 11.6 Å². The van der Waals surface area contributed by atoms with Gasteiger partial charge in [-0.15, -0.1) is 0 Å². The number of carbonyl (C=O) groups is 1. The number of non-ortho nitro benzene ring substituents is 1. The number of nitro benzene ring substituents is 1. The minimum atomic E-state index is -0.652. The standard InChI is InChI=1S/C13H15ClN2O5/c1-13(2)20-7-9(21-13)6-15-12(17)10-4-3-8(16(18)19)5-11(10)14/h3-5,9H,6-7H2,1-2H3,(H,15,17). The Morgan fingerprint density at radius 2 is 2.29 bits per heavy atom. The van der Waals surface area contributed by atoms with Gasteiger partial charge in [-0.3, -0.25) is 14.9 Å². The summed E-state index contributed by atoms with van der Waals surface area (Å²) in [4.78, 5) is 22.0. The highest BCUT2D eigenvalue weighted by atomic mass is 35.5. The zero-order valence-electron chi connectivity index (χ0n) is 11.6. The molecule has 7 nitrogen and oxygen atoms in total. The summed E-state index contributed by atoms with van der Waals surface area (Å²) in [6, 6.07) is 3.71. The predicted octanol–water partition coefficient (Wildman–Crippen LogP) is 2.13. The van der Waals surface area contributed by atoms with Crippen LogP contribution in [0.4, 0.5) is 5.69 Å². The van der Waals surface area contributed by atoms with Gasteiger partial charge in [-0.05, 0) is 19.9 Å². The van der Waals surface area contributed by atoms with Crippen molar-refractivity contribution in [2.45, 2.75) is 25.7 Å². The second-order valence-electron chi connectivity index (χ2n) is 5.08. The Hall–Kier alpha value is -1.70. The Morgan fingerprint density at radius 1 is 1.57 bits per heavy atom. The number of carbonyl (C=O) groups excluding carboxylic acids is 1. The van der Waals surface area contributed by atoms with Crippen LogP contribution in [0.2, 0.25) is 5.02 Å². The molecule has 1 N–H and O–H groups in total. The quantitative estimate of drug-likeness (QED) is 0.679. The Morgan fingerprint density at radius 3 is 2.81 bits per heavy atom. The molecule has 1 aromatic carbocycles. The Balaban J connectivity index is 1.96. The van der Waals surface area contributed by atoms with Gasteiger partial charge in [-0.2, -0.15) is 0 Å². The van der Waals surface area contributed by atoms with Crippen LogP contribution in [0.3, 0.4) is 0 Å². The van der Waals surface area contributed by atoms with Crippen LogP contribution in [0.1, 0.15) is 24.2 Å². The number of hydrogen-bond donors (Lipinski definition) is 1. The number of ether oxygens (including phenoxy) is 2. The smallest absolute Gasteiger partial charge is 0.270 e. The van der Waals surface area contributed by atoms with Gasteiger partial charge in [0.05, 0.1) is 22.1 Å². The number of nitrogens with zero attached hydrogens (tertiary/aromatic N) is 1. The molecule has 21 heavy (non-hydrogen) atoms. The molecule has 1 amide bonds. The predicted molar refractivity (Wildman–Crippen MR) is 75.3 cm³/mol. The van der Waals surface area contributed by atoms with Crippen LogP contribution in [-0.4, -0.2) is 35.9 Å². The molecule has 1 fully saturated rings. The molecule has 1 aromatic rings. The van der Waals surface area contributed by atoms with E-state index in [-0.39, 0.29) is 28.9 Å². The minimum Gasteiger partial charge on any atom is -0.349 e. The molecule has 1 saturated heterocycles. The van der Waals surface area contributed by atoms with Crippen LogP contribution in [0.15, 0.2) is 18.2 Å². The highest BCUT2D eigenvalue weighted by Crippen LogP contribution is 2.23. The van der Waals surface area contributed by atoms with E-state index in [9.17, 15) is 14.9 Å². The van der Waals surface area contributed by atoms with Crippen molar-refractivity contribution >= 4 is 23.2 Å². The van der Waals surface area contributed by atoms with E-state index in [0.29, 0.717) is 6.61 Å². The van der Waals surface area contributed by atoms with Crippen LogP contribution in [-0.2, 0) is 9.47 Å². The maximum absolute atomic E-state index is 12.0. The molecular weight excluding hydrogens is 300 g/mol. The zero-order chi connectivity index (χ0) is 15.6. The van der Waals surface area contributed by atoms with E-state index in [1.54, 1.807) is 13.8 Å². The summed E-state index contributed by atoms with van der Waals surface area (Å²) in [5.41, 5.74) is 0.0197. The van der Waals surface area contributed by atoms with Crippen molar-refractivity contribution in [3.05, 3.63) is 38.9 Å². The van der Waals surface area contributed by atoms with Gasteiger partial charge in [-0.1, -0.05) is 11.6 Å². The molecule has 114 valence electrons. The van der Waals surface area contributed by atoms with Gasteiger partial charge in [0.1, 0.15) is 6.10 Å². The number of hydrogen-bond acceptors (Lipinski definition) is 5. The highest BCUT2D eigenvalue weighted by molar-refractivity contribution is 6.34. The number of nitro groups is 1. The van der Waals surface area contributed by atoms with E-state index < -0.39 is 16.6 Å². The fraction of sp³-hybridized carbons (Fsp3) is 0.462. The fourth-order valence-electron chi connectivity index (χ4n) is 1.97. The molecule has 1 aliphatic rings. The summed E-state index contributed by atoms with van der Waals surface area (Å²) < 4.78 is 10.9. The second-order valence-corrected chi connectivity index (χ2v) is 5.49. The first-order valence-electron chi connectivity index (χ1n) is 6.32. The van der Waals surface area contributed by atoms with Gasteiger partial charge < -0.3 is 14.8 Å². The first-order valence-corrected chi connectivity index (χ1v) is 6.70. The third-order valence-electron chi connectivity index (χ3n) is 2.97. The van der Waals surface area contributed by atoms with Crippen LogP contribution in [0.5, 0.6) is 0 Å². The van der Waals surface area contributed by atoms with E-state index in [2.05, 4.69) is 5.32 Å². The fourth-order valence-corrected chi connectivity index (χ4v) is 2.23. The normalized spacial score (nSPS) is 20.2. The van der Waals surface area contributed by atoms with Gasteiger partial charge in [-0.25, -0.2) is 0 Å². The third-order valence-corrected chi connectivity index (χ3v) is 3.28. The van der Waals surface area contributed by atoms with Gasteiger partial charge in [0.25, 0.3) is 11.6 Å². The summed E-state index contributed by atoms with van der Waals surface area (Å²) in [6.45, 7) is 4.25. The van der Waals surface area contributed by atoms with Crippen molar-refractivity contribution in [3.8, 4) is 0 Å². The SMILES string of the molecule is CC1(C)OCC(CNC(=O)c2ccc([N+](=O)[O-])cc2Cl)O1. The minimum absolute atomic E-state index is 0.0330. The third kappa shape index (κ3) is 3.90. The summed E-state index contributed by atoms with van der Waals surface area (Å²) in [7, 11) is 0. The molecule has 8 heteroatoms. The molecule has 0 aliphatic carbocycles. The highest BCUT2D eigenvalue weighted by Gasteiger charge is 2.32. The van der Waals surface area contributed by atoms with Crippen molar-refractivity contribution in [3.63, 3.8) is 0 Å². The molecule has 0 spiro atoms. The number of amides is 1. The topological polar surface area (TPSA) is 90.7 Å². The largest absolute Gasteiger partial charge is 0.349 e. The molecule has 1 heterocycles. The lowest BCUT2D eigenvalue weighted by Crippen LogP contribution is -2.34. The Labute approximate surface area is 126 Å². The lowest BCUT2D eigenvalue weighted by molar-refractivity contribution is -0.384. The Kier molecular flexibility index (Phi) is 4.46. The molecular formula is C13H15ClN2O5. The lowest BCUT2D eigenvalue weighted by atomic mass is 10.2. The number of benzene rings is 1. The monoisotopic (exact) mass is 314 g/mol. The molecule has 1 atom stereocenters. The van der Waals surface area contributed by atoms with E-state index >= 15 is 0 Å². The van der Waals surface area contributed by atoms with Crippen LogP contribution < -0.4 is 5.32 Å². The lowest BCUT2D eigenvalue weighted by Gasteiger charge is -2.17. The van der Waals surface area contributed by atoms with Crippen molar-refractivity contribution in [2.75, 3.05) is 13.2 Å². The van der Waals surface area contributed by atoms with Crippen LogP contribution in [0, 0.1) is 10.1 Å². The van der Waals surface area contributed by atoms with Gasteiger partial charge >= 0.3 is 0 Å². The molecule has 0 radical (unpaired) electrons. The molecule has 1 aliphatic heterocycles. The van der Waals surface area contributed by atoms with Gasteiger partial charge in [0.2, 0.25) is 0 Å². The average Bonchev–Trinajstić information content (AvgIpc) is 2.75. The van der Waals surface area contributed by atoms with Crippen molar-refractivity contribution < 1.29 is 19.2 Å². The maximum Gasteiger partial charge on any atom is 0.270 e. The average molecular weight is 315 g/mol.